The molecule has 0 bridgehead atoms. The molecule has 7 nitrogen and oxygen atoms in total. The largest absolute Gasteiger partial charge is 0.419 e. The highest BCUT2D eigenvalue weighted by atomic mass is 16.5. The van der Waals surface area contributed by atoms with Crippen molar-refractivity contribution in [3.63, 3.8) is 0 Å². The number of para-hydroxylation sites is 1. The molecule has 28 heavy (non-hydrogen) atoms. The van der Waals surface area contributed by atoms with Gasteiger partial charge < -0.3 is 10.1 Å². The molecule has 1 N–H and O–H groups in total. The summed E-state index contributed by atoms with van der Waals surface area (Å²) in [6, 6.07) is 10.7. The lowest BCUT2D eigenvalue weighted by molar-refractivity contribution is -0.130. The van der Waals surface area contributed by atoms with Gasteiger partial charge in [0.05, 0.1) is 18.1 Å². The Morgan fingerprint density at radius 3 is 2.46 bits per heavy atom. The first-order chi connectivity index (χ1) is 13.3. The second kappa shape index (κ2) is 7.87. The first-order valence-electron chi connectivity index (χ1n) is 8.62. The fraction of sp³-hybridized carbons (Fsp3) is 0.143. The van der Waals surface area contributed by atoms with Crippen LogP contribution in [0.4, 0.5) is 5.69 Å². The minimum Gasteiger partial charge on any atom is -0.419 e. The van der Waals surface area contributed by atoms with Crippen LogP contribution in [0.15, 0.2) is 60.9 Å². The number of hydrogen-bond acceptors (Lipinski definition) is 5. The topological polar surface area (TPSA) is 86.1 Å². The van der Waals surface area contributed by atoms with Gasteiger partial charge in [-0.1, -0.05) is 35.1 Å². The van der Waals surface area contributed by atoms with E-state index in [4.69, 9.17) is 4.74 Å². The van der Waals surface area contributed by atoms with E-state index in [0.717, 1.165) is 11.1 Å². The Kier molecular flexibility index (Phi) is 5.35. The van der Waals surface area contributed by atoms with Crippen LogP contribution in [0.2, 0.25) is 0 Å². The van der Waals surface area contributed by atoms with Crippen molar-refractivity contribution in [1.29, 1.82) is 0 Å². The number of anilines is 1. The number of carbonyl (C=O) groups is 2. The van der Waals surface area contributed by atoms with Gasteiger partial charge in [-0.3, -0.25) is 4.79 Å². The molecule has 0 saturated heterocycles. The SMILES string of the molecule is C=C(C)C(=O)Oc1c(NC(=O)c2cc(C)cc(C)c2)cccc1-n1ccnn1. The van der Waals surface area contributed by atoms with Gasteiger partial charge in [0.1, 0.15) is 5.69 Å². The average molecular weight is 376 g/mol. The normalized spacial score (nSPS) is 10.4. The van der Waals surface area contributed by atoms with Crippen LogP contribution in [0.1, 0.15) is 28.4 Å². The Hall–Kier alpha value is -3.74. The smallest absolute Gasteiger partial charge is 0.338 e. The first kappa shape index (κ1) is 19.0. The third-order valence-electron chi connectivity index (χ3n) is 3.94. The molecule has 0 fully saturated rings. The summed E-state index contributed by atoms with van der Waals surface area (Å²) < 4.78 is 6.96. The van der Waals surface area contributed by atoms with Crippen molar-refractivity contribution in [1.82, 2.24) is 15.0 Å². The number of carbonyl (C=O) groups excluding carboxylic acids is 2. The van der Waals surface area contributed by atoms with Gasteiger partial charge in [-0.2, -0.15) is 0 Å². The monoisotopic (exact) mass is 376 g/mol. The summed E-state index contributed by atoms with van der Waals surface area (Å²) in [5.74, 6) is -0.747. The molecule has 0 radical (unpaired) electrons. The van der Waals surface area contributed by atoms with Crippen LogP contribution < -0.4 is 10.1 Å². The van der Waals surface area contributed by atoms with E-state index in [0.29, 0.717) is 16.9 Å². The van der Waals surface area contributed by atoms with Crippen LogP contribution in [0.25, 0.3) is 5.69 Å². The van der Waals surface area contributed by atoms with E-state index in [1.807, 2.05) is 19.9 Å². The molecule has 142 valence electrons. The Morgan fingerprint density at radius 1 is 1.14 bits per heavy atom. The molecule has 0 saturated carbocycles. The number of nitrogens with one attached hydrogen (secondary N) is 1. The maximum Gasteiger partial charge on any atom is 0.338 e. The van der Waals surface area contributed by atoms with E-state index >= 15 is 0 Å². The van der Waals surface area contributed by atoms with E-state index in [1.54, 1.807) is 43.5 Å². The van der Waals surface area contributed by atoms with Gasteiger partial charge in [-0.25, -0.2) is 9.48 Å². The minimum absolute atomic E-state index is 0.165. The summed E-state index contributed by atoms with van der Waals surface area (Å²) >= 11 is 0. The molecule has 0 aliphatic rings. The molecule has 2 aromatic carbocycles. The zero-order chi connectivity index (χ0) is 20.3. The van der Waals surface area contributed by atoms with Crippen LogP contribution in [0.5, 0.6) is 5.75 Å². The van der Waals surface area contributed by atoms with Gasteiger partial charge in [0, 0.05) is 11.1 Å². The fourth-order valence-electron chi connectivity index (χ4n) is 2.73. The zero-order valence-corrected chi connectivity index (χ0v) is 15.9. The average Bonchev–Trinajstić information content (AvgIpc) is 3.16. The van der Waals surface area contributed by atoms with Crippen LogP contribution in [-0.2, 0) is 4.79 Å². The molecule has 0 atom stereocenters. The molecular formula is C21H20N4O3. The number of aryl methyl sites for hydroxylation is 2. The number of amides is 1. The van der Waals surface area contributed by atoms with Gasteiger partial charge in [0.2, 0.25) is 0 Å². The molecule has 1 amide bonds. The summed E-state index contributed by atoms with van der Waals surface area (Å²) in [5, 5.41) is 10.5. The first-order valence-corrected chi connectivity index (χ1v) is 8.62. The number of aromatic nitrogens is 3. The van der Waals surface area contributed by atoms with E-state index in [2.05, 4.69) is 22.2 Å². The van der Waals surface area contributed by atoms with Gasteiger partial charge >= 0.3 is 5.97 Å². The third kappa shape index (κ3) is 4.15. The second-order valence-corrected chi connectivity index (χ2v) is 6.50. The predicted molar refractivity (Wildman–Crippen MR) is 106 cm³/mol. The lowest BCUT2D eigenvalue weighted by atomic mass is 10.1. The van der Waals surface area contributed by atoms with Crippen molar-refractivity contribution in [2.45, 2.75) is 20.8 Å². The highest BCUT2D eigenvalue weighted by Gasteiger charge is 2.19. The van der Waals surface area contributed by atoms with Crippen LogP contribution in [0.3, 0.4) is 0 Å². The summed E-state index contributed by atoms with van der Waals surface area (Å²) in [6.07, 6.45) is 3.12. The molecule has 0 aliphatic heterocycles. The Balaban J connectivity index is 2.02. The van der Waals surface area contributed by atoms with Crippen LogP contribution >= 0.6 is 0 Å². The summed E-state index contributed by atoms with van der Waals surface area (Å²) in [4.78, 5) is 24.9. The molecule has 3 rings (SSSR count). The summed E-state index contributed by atoms with van der Waals surface area (Å²) in [7, 11) is 0. The standard InChI is InChI=1S/C21H20N4O3/c1-13(2)21(27)28-19-17(6-5-7-18(19)25-9-8-22-24-25)23-20(26)16-11-14(3)10-15(4)12-16/h5-12H,1H2,2-4H3,(H,23,26). The number of nitrogens with zero attached hydrogens (tertiary/aromatic N) is 3. The van der Waals surface area contributed by atoms with E-state index in [9.17, 15) is 9.59 Å². The third-order valence-corrected chi connectivity index (χ3v) is 3.94. The predicted octanol–water partition coefficient (Wildman–Crippen LogP) is 3.62. The van der Waals surface area contributed by atoms with Crippen LogP contribution in [-0.4, -0.2) is 26.9 Å². The lowest BCUT2D eigenvalue weighted by Crippen LogP contribution is -2.17. The zero-order valence-electron chi connectivity index (χ0n) is 15.9. The Bertz CT molecular complexity index is 1040. The van der Waals surface area contributed by atoms with Crippen molar-refractivity contribution in [3.05, 3.63) is 77.6 Å². The molecule has 1 aromatic heterocycles. The number of hydrogen-bond donors (Lipinski definition) is 1. The number of esters is 1. The van der Waals surface area contributed by atoms with Crippen molar-refractivity contribution in [2.75, 3.05) is 5.32 Å². The minimum atomic E-state index is -0.602. The van der Waals surface area contributed by atoms with Crippen molar-refractivity contribution in [3.8, 4) is 11.4 Å². The maximum atomic E-state index is 12.8. The molecular weight excluding hydrogens is 356 g/mol. The molecule has 0 spiro atoms. The van der Waals surface area contributed by atoms with Gasteiger partial charge in [-0.05, 0) is 45.0 Å². The second-order valence-electron chi connectivity index (χ2n) is 6.50. The number of rotatable bonds is 5. The summed E-state index contributed by atoms with van der Waals surface area (Å²) in [6.45, 7) is 9.01. The van der Waals surface area contributed by atoms with Crippen molar-refractivity contribution >= 4 is 17.6 Å². The number of ether oxygens (including phenoxy) is 1. The highest BCUT2D eigenvalue weighted by Crippen LogP contribution is 2.32. The molecule has 0 aliphatic carbocycles. The maximum absolute atomic E-state index is 12.8. The van der Waals surface area contributed by atoms with Crippen LogP contribution in [0, 0.1) is 13.8 Å². The van der Waals surface area contributed by atoms with Crippen molar-refractivity contribution < 1.29 is 14.3 Å². The van der Waals surface area contributed by atoms with E-state index in [-0.39, 0.29) is 17.2 Å². The van der Waals surface area contributed by atoms with Gasteiger partial charge in [0.15, 0.2) is 5.75 Å². The fourth-order valence-corrected chi connectivity index (χ4v) is 2.73. The molecule has 3 aromatic rings. The van der Waals surface area contributed by atoms with Gasteiger partial charge in [0.25, 0.3) is 5.91 Å². The Morgan fingerprint density at radius 2 is 1.86 bits per heavy atom. The number of benzene rings is 2. The highest BCUT2D eigenvalue weighted by molar-refractivity contribution is 6.06. The Labute approximate surface area is 162 Å². The van der Waals surface area contributed by atoms with E-state index in [1.165, 1.54) is 10.9 Å². The molecule has 7 heteroatoms. The van der Waals surface area contributed by atoms with E-state index < -0.39 is 5.97 Å². The van der Waals surface area contributed by atoms with Crippen molar-refractivity contribution in [2.24, 2.45) is 0 Å². The lowest BCUT2D eigenvalue weighted by Gasteiger charge is -2.15. The molecule has 0 unspecified atom stereocenters. The summed E-state index contributed by atoms with van der Waals surface area (Å²) in [5.41, 5.74) is 3.52. The van der Waals surface area contributed by atoms with Gasteiger partial charge in [-0.15, -0.1) is 5.10 Å². The quantitative estimate of drug-likeness (QED) is 0.418. The molecule has 1 heterocycles.